The summed E-state index contributed by atoms with van der Waals surface area (Å²) in [5, 5.41) is 12.1. The number of aryl methyl sites for hydroxylation is 1. The third-order valence-electron chi connectivity index (χ3n) is 3.59. The molecule has 0 bridgehead atoms. The van der Waals surface area contributed by atoms with Gasteiger partial charge < -0.3 is 19.5 Å². The van der Waals surface area contributed by atoms with Crippen molar-refractivity contribution in [1.82, 2.24) is 9.55 Å². The molecule has 1 aromatic carbocycles. The lowest BCUT2D eigenvalue weighted by atomic mass is 10.0. The zero-order valence-corrected chi connectivity index (χ0v) is 12.5. The van der Waals surface area contributed by atoms with Gasteiger partial charge in [-0.05, 0) is 35.9 Å². The Morgan fingerprint density at radius 1 is 1.32 bits per heavy atom. The lowest BCUT2D eigenvalue weighted by molar-refractivity contribution is -0.304. The Kier molecular flexibility index (Phi) is 3.50. The number of rotatable bonds is 4. The highest BCUT2D eigenvalue weighted by Gasteiger charge is 2.21. The molecule has 5 nitrogen and oxygen atoms in total. The number of halogens is 1. The maximum absolute atomic E-state index is 12.7. The van der Waals surface area contributed by atoms with Gasteiger partial charge in [0.15, 0.2) is 0 Å². The van der Waals surface area contributed by atoms with Gasteiger partial charge in [0.2, 0.25) is 5.78 Å². The molecular formula is C16H12ClN2O3-. The summed E-state index contributed by atoms with van der Waals surface area (Å²) in [7, 11) is 1.76. The van der Waals surface area contributed by atoms with Gasteiger partial charge in [0.1, 0.15) is 0 Å². The number of carbonyl (C=O) groups is 2. The summed E-state index contributed by atoms with van der Waals surface area (Å²) >= 11 is 5.97. The van der Waals surface area contributed by atoms with Crippen LogP contribution in [0.4, 0.5) is 0 Å². The van der Waals surface area contributed by atoms with Crippen LogP contribution in [-0.2, 0) is 18.3 Å². The zero-order valence-electron chi connectivity index (χ0n) is 11.7. The highest BCUT2D eigenvalue weighted by atomic mass is 35.5. The molecule has 0 aliphatic heterocycles. The molecule has 112 valence electrons. The van der Waals surface area contributed by atoms with E-state index >= 15 is 0 Å². The monoisotopic (exact) mass is 315 g/mol. The molecule has 2 heterocycles. The van der Waals surface area contributed by atoms with E-state index in [1.54, 1.807) is 48.1 Å². The predicted molar refractivity (Wildman–Crippen MR) is 80.9 cm³/mol. The number of hydrogen-bond acceptors (Lipinski definition) is 3. The Labute approximate surface area is 131 Å². The van der Waals surface area contributed by atoms with Crippen LogP contribution in [-0.4, -0.2) is 21.3 Å². The van der Waals surface area contributed by atoms with Crippen molar-refractivity contribution >= 4 is 34.3 Å². The van der Waals surface area contributed by atoms with Gasteiger partial charge in [0, 0.05) is 41.6 Å². The summed E-state index contributed by atoms with van der Waals surface area (Å²) in [6, 6.07) is 8.49. The number of carboxylic acid groups (broad SMARTS) is 1. The van der Waals surface area contributed by atoms with Gasteiger partial charge in [-0.15, -0.1) is 0 Å². The van der Waals surface area contributed by atoms with Crippen LogP contribution in [0.3, 0.4) is 0 Å². The van der Waals surface area contributed by atoms with E-state index in [-0.39, 0.29) is 17.9 Å². The minimum atomic E-state index is -1.25. The summed E-state index contributed by atoms with van der Waals surface area (Å²) in [5.74, 6) is -1.52. The van der Waals surface area contributed by atoms with Crippen molar-refractivity contribution in [1.29, 1.82) is 0 Å². The average Bonchev–Trinajstić information content (AvgIpc) is 3.02. The van der Waals surface area contributed by atoms with Crippen molar-refractivity contribution < 1.29 is 14.7 Å². The molecule has 2 aromatic heterocycles. The minimum absolute atomic E-state index is 0.253. The van der Waals surface area contributed by atoms with Gasteiger partial charge in [-0.1, -0.05) is 11.6 Å². The number of nitrogens with zero attached hydrogens (tertiary/aromatic N) is 1. The first kappa shape index (κ1) is 14.4. The number of benzene rings is 1. The number of carbonyl (C=O) groups excluding carboxylic acids is 2. The molecule has 0 amide bonds. The quantitative estimate of drug-likeness (QED) is 0.744. The average molecular weight is 316 g/mol. The third-order valence-corrected chi connectivity index (χ3v) is 3.83. The highest BCUT2D eigenvalue weighted by Crippen LogP contribution is 2.27. The van der Waals surface area contributed by atoms with E-state index in [0.717, 1.165) is 0 Å². The van der Waals surface area contributed by atoms with Crippen LogP contribution >= 0.6 is 11.6 Å². The van der Waals surface area contributed by atoms with Crippen LogP contribution in [0, 0.1) is 0 Å². The predicted octanol–water partition coefficient (Wildman–Crippen LogP) is 1.68. The van der Waals surface area contributed by atoms with E-state index in [4.69, 9.17) is 11.6 Å². The molecule has 22 heavy (non-hydrogen) atoms. The van der Waals surface area contributed by atoms with Crippen LogP contribution in [0.15, 0.2) is 36.5 Å². The van der Waals surface area contributed by atoms with Crippen LogP contribution in [0.1, 0.15) is 21.7 Å². The molecule has 0 saturated heterocycles. The second-order valence-corrected chi connectivity index (χ2v) is 5.49. The summed E-state index contributed by atoms with van der Waals surface area (Å²) in [6.07, 6.45) is 1.40. The van der Waals surface area contributed by atoms with Gasteiger partial charge in [0.25, 0.3) is 0 Å². The van der Waals surface area contributed by atoms with E-state index in [1.165, 1.54) is 0 Å². The molecule has 3 rings (SSSR count). The van der Waals surface area contributed by atoms with Crippen molar-refractivity contribution in [2.24, 2.45) is 7.05 Å². The van der Waals surface area contributed by atoms with Crippen molar-refractivity contribution in [2.75, 3.05) is 0 Å². The molecular weight excluding hydrogens is 304 g/mol. The molecule has 0 spiro atoms. The Morgan fingerprint density at radius 2 is 2.09 bits per heavy atom. The zero-order chi connectivity index (χ0) is 15.9. The Bertz CT molecular complexity index is 892. The lowest BCUT2D eigenvalue weighted by Gasteiger charge is -2.06. The van der Waals surface area contributed by atoms with Gasteiger partial charge in [-0.3, -0.25) is 4.79 Å². The number of aliphatic carboxylic acids is 1. The Hall–Kier alpha value is -2.53. The first-order valence-electron chi connectivity index (χ1n) is 6.63. The smallest absolute Gasteiger partial charge is 0.225 e. The van der Waals surface area contributed by atoms with Crippen LogP contribution < -0.4 is 5.11 Å². The van der Waals surface area contributed by atoms with Gasteiger partial charge in [0.05, 0.1) is 11.4 Å². The Morgan fingerprint density at radius 3 is 2.73 bits per heavy atom. The first-order valence-corrected chi connectivity index (χ1v) is 7.01. The van der Waals surface area contributed by atoms with Crippen LogP contribution in [0.25, 0.3) is 10.9 Å². The van der Waals surface area contributed by atoms with E-state index < -0.39 is 5.97 Å². The maximum Gasteiger partial charge on any atom is 0.225 e. The number of carboxylic acids is 1. The van der Waals surface area contributed by atoms with Crippen LogP contribution in [0.2, 0.25) is 5.02 Å². The largest absolute Gasteiger partial charge is 0.550 e. The second-order valence-electron chi connectivity index (χ2n) is 5.05. The molecule has 0 fully saturated rings. The van der Waals surface area contributed by atoms with Gasteiger partial charge in [-0.25, -0.2) is 0 Å². The molecule has 1 N–H and O–H groups in total. The van der Waals surface area contributed by atoms with E-state index in [2.05, 4.69) is 4.98 Å². The minimum Gasteiger partial charge on any atom is -0.550 e. The van der Waals surface area contributed by atoms with E-state index in [9.17, 15) is 14.7 Å². The number of ketones is 1. The Balaban J connectivity index is 2.22. The highest BCUT2D eigenvalue weighted by molar-refractivity contribution is 6.31. The normalized spacial score (nSPS) is 11.0. The van der Waals surface area contributed by atoms with Gasteiger partial charge in [-0.2, -0.15) is 0 Å². The standard InChI is InChI=1S/C16H13ClN2O3/c1-19-6-2-3-13(19)16(22)15-11(8-14(20)21)10-7-9(17)4-5-12(10)18-15/h2-7,18H,8H2,1H3,(H,20,21)/p-1. The van der Waals surface area contributed by atoms with Crippen molar-refractivity contribution in [3.05, 3.63) is 58.5 Å². The SMILES string of the molecule is Cn1cccc1C(=O)c1[nH]c2ccc(Cl)cc2c1CC(=O)[O-]. The van der Waals surface area contributed by atoms with Crippen molar-refractivity contribution in [3.8, 4) is 0 Å². The summed E-state index contributed by atoms with van der Waals surface area (Å²) in [4.78, 5) is 26.7. The molecule has 0 atom stereocenters. The molecule has 0 radical (unpaired) electrons. The second kappa shape index (κ2) is 5.35. The molecule has 3 aromatic rings. The molecule has 0 saturated carbocycles. The topological polar surface area (TPSA) is 77.9 Å². The van der Waals surface area contributed by atoms with E-state index in [0.29, 0.717) is 27.2 Å². The van der Waals surface area contributed by atoms with Crippen LogP contribution in [0.5, 0.6) is 0 Å². The number of hydrogen-bond donors (Lipinski definition) is 1. The van der Waals surface area contributed by atoms with Crippen molar-refractivity contribution in [3.63, 3.8) is 0 Å². The number of H-pyrrole nitrogens is 1. The fraction of sp³-hybridized carbons (Fsp3) is 0.125. The first-order chi connectivity index (χ1) is 10.5. The molecule has 6 heteroatoms. The summed E-state index contributed by atoms with van der Waals surface area (Å²) in [5.41, 5.74) is 1.78. The van der Waals surface area contributed by atoms with E-state index in [1.807, 2.05) is 0 Å². The summed E-state index contributed by atoms with van der Waals surface area (Å²) in [6.45, 7) is 0. The fourth-order valence-electron chi connectivity index (χ4n) is 2.57. The third kappa shape index (κ3) is 2.40. The van der Waals surface area contributed by atoms with Gasteiger partial charge >= 0.3 is 0 Å². The number of aromatic amines is 1. The number of aromatic nitrogens is 2. The van der Waals surface area contributed by atoms with Crippen molar-refractivity contribution in [2.45, 2.75) is 6.42 Å². The molecule has 0 aliphatic carbocycles. The lowest BCUT2D eigenvalue weighted by Crippen LogP contribution is -2.25. The summed E-state index contributed by atoms with van der Waals surface area (Å²) < 4.78 is 1.68. The molecule has 0 unspecified atom stereocenters. The number of nitrogens with one attached hydrogen (secondary N) is 1. The fourth-order valence-corrected chi connectivity index (χ4v) is 2.74. The maximum atomic E-state index is 12.7. The number of fused-ring (bicyclic) bond motifs is 1. The molecule has 0 aliphatic rings.